The standard InChI is InChI=1S/C21H21ClN4O2/c1-3-26-21-17(12-24-26)19(14-9-15(22)11-23-10-14)16(7-8-18(27)28-4-2)20(25-21)13-5-6-13/h7-13H,3-6H2,1-2H3/b8-7+. The number of ether oxygens (including phenoxy) is 1. The number of aryl methyl sites for hydroxylation is 1. The summed E-state index contributed by atoms with van der Waals surface area (Å²) in [6.45, 7) is 4.90. The molecule has 0 amide bonds. The molecular formula is C21H21ClN4O2. The topological polar surface area (TPSA) is 69.9 Å². The van der Waals surface area contributed by atoms with Crippen LogP contribution in [-0.4, -0.2) is 32.3 Å². The van der Waals surface area contributed by atoms with Crippen molar-refractivity contribution in [3.8, 4) is 11.1 Å². The molecule has 4 rings (SSSR count). The highest BCUT2D eigenvalue weighted by molar-refractivity contribution is 6.30. The molecule has 1 aliphatic rings. The maximum atomic E-state index is 11.9. The van der Waals surface area contributed by atoms with Crippen molar-refractivity contribution >= 4 is 34.7 Å². The zero-order valence-corrected chi connectivity index (χ0v) is 16.6. The van der Waals surface area contributed by atoms with E-state index in [9.17, 15) is 4.79 Å². The van der Waals surface area contributed by atoms with Crippen molar-refractivity contribution < 1.29 is 9.53 Å². The van der Waals surface area contributed by atoms with Crippen molar-refractivity contribution in [1.29, 1.82) is 0 Å². The van der Waals surface area contributed by atoms with Gasteiger partial charge >= 0.3 is 5.97 Å². The number of carbonyl (C=O) groups is 1. The Morgan fingerprint density at radius 3 is 2.82 bits per heavy atom. The van der Waals surface area contributed by atoms with Gasteiger partial charge in [0, 0.05) is 53.0 Å². The van der Waals surface area contributed by atoms with E-state index in [4.69, 9.17) is 21.3 Å². The van der Waals surface area contributed by atoms with E-state index < -0.39 is 0 Å². The molecule has 0 unspecified atom stereocenters. The number of pyridine rings is 2. The zero-order valence-electron chi connectivity index (χ0n) is 15.9. The van der Waals surface area contributed by atoms with Crippen LogP contribution in [0.4, 0.5) is 0 Å². The molecule has 3 aromatic heterocycles. The Morgan fingerprint density at radius 1 is 1.32 bits per heavy atom. The van der Waals surface area contributed by atoms with Gasteiger partial charge in [-0.25, -0.2) is 14.5 Å². The highest BCUT2D eigenvalue weighted by Gasteiger charge is 2.30. The Morgan fingerprint density at radius 2 is 2.14 bits per heavy atom. The summed E-state index contributed by atoms with van der Waals surface area (Å²) in [6, 6.07) is 1.88. The van der Waals surface area contributed by atoms with Gasteiger partial charge in [0.25, 0.3) is 0 Å². The number of halogens is 1. The van der Waals surface area contributed by atoms with Gasteiger partial charge in [-0.3, -0.25) is 4.98 Å². The second-order valence-electron chi connectivity index (χ2n) is 6.73. The van der Waals surface area contributed by atoms with E-state index in [2.05, 4.69) is 10.1 Å². The minimum absolute atomic E-state index is 0.338. The molecule has 0 atom stereocenters. The van der Waals surface area contributed by atoms with E-state index in [0.29, 0.717) is 17.5 Å². The Balaban J connectivity index is 2.00. The molecule has 1 saturated carbocycles. The summed E-state index contributed by atoms with van der Waals surface area (Å²) in [4.78, 5) is 21.1. The third kappa shape index (κ3) is 3.52. The predicted octanol–water partition coefficient (Wildman–Crippen LogP) is 4.62. The van der Waals surface area contributed by atoms with Gasteiger partial charge in [-0.05, 0) is 38.8 Å². The number of rotatable bonds is 6. The largest absolute Gasteiger partial charge is 0.463 e. The Labute approximate surface area is 168 Å². The molecule has 3 aromatic rings. The fraction of sp³-hybridized carbons (Fsp3) is 0.333. The molecule has 28 heavy (non-hydrogen) atoms. The number of hydrogen-bond donors (Lipinski definition) is 0. The lowest BCUT2D eigenvalue weighted by atomic mass is 9.95. The van der Waals surface area contributed by atoms with Crippen molar-refractivity contribution in [3.05, 3.63) is 47.0 Å². The molecule has 1 aliphatic carbocycles. The summed E-state index contributed by atoms with van der Waals surface area (Å²) in [6.07, 6.45) is 10.7. The van der Waals surface area contributed by atoms with Gasteiger partial charge in [-0.15, -0.1) is 0 Å². The maximum absolute atomic E-state index is 11.9. The first kappa shape index (κ1) is 18.6. The minimum atomic E-state index is -0.372. The van der Waals surface area contributed by atoms with Gasteiger partial charge in [-0.2, -0.15) is 5.10 Å². The lowest BCUT2D eigenvalue weighted by Gasteiger charge is -2.14. The maximum Gasteiger partial charge on any atom is 0.330 e. The number of hydrogen-bond acceptors (Lipinski definition) is 5. The van der Waals surface area contributed by atoms with Crippen LogP contribution in [0.3, 0.4) is 0 Å². The average Bonchev–Trinajstić information content (AvgIpc) is 3.45. The van der Waals surface area contributed by atoms with E-state index in [1.54, 1.807) is 25.4 Å². The summed E-state index contributed by atoms with van der Waals surface area (Å²) in [5, 5.41) is 5.96. The normalized spacial score (nSPS) is 14.1. The number of esters is 1. The van der Waals surface area contributed by atoms with Crippen LogP contribution < -0.4 is 0 Å². The molecular weight excluding hydrogens is 376 g/mol. The number of carbonyl (C=O) groups excluding carboxylic acids is 1. The van der Waals surface area contributed by atoms with E-state index in [0.717, 1.165) is 52.8 Å². The molecule has 6 nitrogen and oxygen atoms in total. The van der Waals surface area contributed by atoms with Crippen molar-refractivity contribution in [2.45, 2.75) is 39.2 Å². The lowest BCUT2D eigenvalue weighted by Crippen LogP contribution is -2.03. The van der Waals surface area contributed by atoms with Crippen molar-refractivity contribution in [3.63, 3.8) is 0 Å². The Bertz CT molecular complexity index is 1070. The van der Waals surface area contributed by atoms with Crippen LogP contribution in [0, 0.1) is 0 Å². The van der Waals surface area contributed by atoms with Gasteiger partial charge in [0.05, 0.1) is 23.5 Å². The number of aromatic nitrogens is 4. The molecule has 7 heteroatoms. The highest BCUT2D eigenvalue weighted by Crippen LogP contribution is 2.45. The molecule has 1 fully saturated rings. The van der Waals surface area contributed by atoms with Crippen LogP contribution in [0.25, 0.3) is 28.2 Å². The fourth-order valence-electron chi connectivity index (χ4n) is 3.39. The van der Waals surface area contributed by atoms with Gasteiger partial charge in [0.2, 0.25) is 0 Å². The van der Waals surface area contributed by atoms with Crippen molar-refractivity contribution in [2.24, 2.45) is 0 Å². The summed E-state index contributed by atoms with van der Waals surface area (Å²) < 4.78 is 6.95. The Hall–Kier alpha value is -2.73. The molecule has 144 valence electrons. The molecule has 0 spiro atoms. The van der Waals surface area contributed by atoms with Crippen LogP contribution >= 0.6 is 11.6 Å². The van der Waals surface area contributed by atoms with Crippen LogP contribution in [0.2, 0.25) is 5.02 Å². The van der Waals surface area contributed by atoms with E-state index >= 15 is 0 Å². The zero-order chi connectivity index (χ0) is 19.7. The molecule has 0 aromatic carbocycles. The summed E-state index contributed by atoms with van der Waals surface area (Å²) in [7, 11) is 0. The third-order valence-corrected chi connectivity index (χ3v) is 4.99. The van der Waals surface area contributed by atoms with Gasteiger partial charge in [0.1, 0.15) is 0 Å². The first-order valence-electron chi connectivity index (χ1n) is 9.47. The molecule has 0 saturated heterocycles. The van der Waals surface area contributed by atoms with Crippen LogP contribution in [0.5, 0.6) is 0 Å². The molecule has 0 bridgehead atoms. The summed E-state index contributed by atoms with van der Waals surface area (Å²) in [5.41, 5.74) is 4.55. The minimum Gasteiger partial charge on any atom is -0.463 e. The number of fused-ring (bicyclic) bond motifs is 1. The molecule has 0 N–H and O–H groups in total. The Kier molecular flexibility index (Phi) is 5.13. The summed E-state index contributed by atoms with van der Waals surface area (Å²) in [5.74, 6) is 0.0149. The number of nitrogens with zero attached hydrogens (tertiary/aromatic N) is 4. The van der Waals surface area contributed by atoms with Crippen LogP contribution in [-0.2, 0) is 16.1 Å². The van der Waals surface area contributed by atoms with E-state index in [1.165, 1.54) is 6.08 Å². The van der Waals surface area contributed by atoms with Crippen LogP contribution in [0.1, 0.15) is 43.9 Å². The average molecular weight is 397 g/mol. The lowest BCUT2D eigenvalue weighted by molar-refractivity contribution is -0.137. The van der Waals surface area contributed by atoms with Gasteiger partial charge in [0.15, 0.2) is 5.65 Å². The van der Waals surface area contributed by atoms with Crippen LogP contribution in [0.15, 0.2) is 30.7 Å². The fourth-order valence-corrected chi connectivity index (χ4v) is 3.56. The molecule has 0 aliphatic heterocycles. The predicted molar refractivity (Wildman–Crippen MR) is 109 cm³/mol. The van der Waals surface area contributed by atoms with Crippen molar-refractivity contribution in [1.82, 2.24) is 19.7 Å². The van der Waals surface area contributed by atoms with E-state index in [-0.39, 0.29) is 5.97 Å². The van der Waals surface area contributed by atoms with E-state index in [1.807, 2.05) is 23.9 Å². The smallest absolute Gasteiger partial charge is 0.330 e. The first-order valence-corrected chi connectivity index (χ1v) is 9.85. The SMILES string of the molecule is CCOC(=O)/C=C/c1c(C2CC2)nc2c(cnn2CC)c1-c1cncc(Cl)c1. The molecule has 3 heterocycles. The molecule has 0 radical (unpaired) electrons. The van der Waals surface area contributed by atoms with Gasteiger partial charge in [-0.1, -0.05) is 11.6 Å². The van der Waals surface area contributed by atoms with Gasteiger partial charge < -0.3 is 4.74 Å². The quantitative estimate of drug-likeness (QED) is 0.449. The monoisotopic (exact) mass is 396 g/mol. The summed E-state index contributed by atoms with van der Waals surface area (Å²) >= 11 is 6.22. The third-order valence-electron chi connectivity index (χ3n) is 4.78. The highest BCUT2D eigenvalue weighted by atomic mass is 35.5. The van der Waals surface area contributed by atoms with Crippen molar-refractivity contribution in [2.75, 3.05) is 6.61 Å². The first-order chi connectivity index (χ1) is 13.6. The second kappa shape index (κ2) is 7.72. The second-order valence-corrected chi connectivity index (χ2v) is 7.17.